The Kier molecular flexibility index (Phi) is 9.77. The van der Waals surface area contributed by atoms with Gasteiger partial charge in [-0.1, -0.05) is 75.8 Å². The Labute approximate surface area is 144 Å². The van der Waals surface area contributed by atoms with E-state index in [-0.39, 0.29) is 0 Å². The number of unbranched alkanes of at least 4 members (excludes halogenated alkanes) is 5. The van der Waals surface area contributed by atoms with E-state index in [1.54, 1.807) is 12.1 Å². The maximum Gasteiger partial charge on any atom is 0.326 e. The van der Waals surface area contributed by atoms with Crippen molar-refractivity contribution in [3.8, 4) is 0 Å². The van der Waals surface area contributed by atoms with Crippen LogP contribution in [-0.2, 0) is 14.3 Å². The number of carboxylic acids is 1. The molecule has 5 heteroatoms. The van der Waals surface area contributed by atoms with Crippen molar-refractivity contribution in [2.75, 3.05) is 7.11 Å². The molecule has 24 heavy (non-hydrogen) atoms. The highest BCUT2D eigenvalue weighted by Gasteiger charge is 2.25. The predicted octanol–water partition coefficient (Wildman–Crippen LogP) is 3.69. The summed E-state index contributed by atoms with van der Waals surface area (Å²) in [5, 5.41) is 11.9. The van der Waals surface area contributed by atoms with Gasteiger partial charge in [-0.05, 0) is 12.0 Å². The van der Waals surface area contributed by atoms with Crippen LogP contribution in [-0.4, -0.2) is 30.1 Å². The van der Waals surface area contributed by atoms with Crippen LogP contribution in [0.25, 0.3) is 0 Å². The average molecular weight is 335 g/mol. The molecule has 0 aromatic heterocycles. The topological polar surface area (TPSA) is 75.6 Å². The first-order valence-electron chi connectivity index (χ1n) is 8.71. The molecule has 1 aromatic carbocycles. The molecule has 0 heterocycles. The van der Waals surface area contributed by atoms with Crippen molar-refractivity contribution in [2.24, 2.45) is 0 Å². The maximum absolute atomic E-state index is 12.4. The minimum atomic E-state index is -1.00. The third-order valence-electron chi connectivity index (χ3n) is 4.04. The number of carbonyl (C=O) groups excluding carboxylic acids is 1. The summed E-state index contributed by atoms with van der Waals surface area (Å²) in [7, 11) is 1.45. The van der Waals surface area contributed by atoms with E-state index < -0.39 is 24.0 Å². The van der Waals surface area contributed by atoms with Crippen LogP contribution in [0.15, 0.2) is 30.3 Å². The molecule has 0 spiro atoms. The summed E-state index contributed by atoms with van der Waals surface area (Å²) in [6, 6.07) is 8.20. The third-order valence-corrected chi connectivity index (χ3v) is 4.04. The molecule has 2 atom stereocenters. The number of amides is 1. The van der Waals surface area contributed by atoms with Gasteiger partial charge in [0, 0.05) is 7.11 Å². The van der Waals surface area contributed by atoms with Crippen molar-refractivity contribution in [1.82, 2.24) is 5.32 Å². The SMILES string of the molecule is CCCCCCCC[C@H](NC(=O)[C@@H](OC)c1ccccc1)C(=O)O. The molecule has 0 unspecified atom stereocenters. The van der Waals surface area contributed by atoms with Crippen LogP contribution in [0.4, 0.5) is 0 Å². The summed E-state index contributed by atoms with van der Waals surface area (Å²) in [6.07, 6.45) is 6.13. The van der Waals surface area contributed by atoms with Gasteiger partial charge in [0.2, 0.25) is 0 Å². The van der Waals surface area contributed by atoms with Gasteiger partial charge in [-0.25, -0.2) is 4.79 Å². The zero-order valence-electron chi connectivity index (χ0n) is 14.7. The lowest BCUT2D eigenvalue weighted by atomic mass is 10.0. The highest BCUT2D eigenvalue weighted by Crippen LogP contribution is 2.17. The molecule has 0 fully saturated rings. The smallest absolute Gasteiger partial charge is 0.326 e. The van der Waals surface area contributed by atoms with Gasteiger partial charge in [-0.3, -0.25) is 4.79 Å². The zero-order valence-corrected chi connectivity index (χ0v) is 14.7. The zero-order chi connectivity index (χ0) is 17.8. The predicted molar refractivity (Wildman–Crippen MR) is 93.8 cm³/mol. The van der Waals surface area contributed by atoms with Crippen LogP contribution in [0.1, 0.15) is 63.5 Å². The Hall–Kier alpha value is -1.88. The van der Waals surface area contributed by atoms with Gasteiger partial charge in [-0.2, -0.15) is 0 Å². The number of hydrogen-bond acceptors (Lipinski definition) is 3. The molecule has 1 aromatic rings. The Morgan fingerprint density at radius 3 is 2.29 bits per heavy atom. The van der Waals surface area contributed by atoms with E-state index in [1.807, 2.05) is 18.2 Å². The van der Waals surface area contributed by atoms with Crippen LogP contribution in [0, 0.1) is 0 Å². The minimum absolute atomic E-state index is 0.415. The number of methoxy groups -OCH3 is 1. The first-order chi connectivity index (χ1) is 11.6. The van der Waals surface area contributed by atoms with Crippen molar-refractivity contribution in [1.29, 1.82) is 0 Å². The number of ether oxygens (including phenoxy) is 1. The Bertz CT molecular complexity index is 489. The molecule has 0 aliphatic heterocycles. The first kappa shape index (κ1) is 20.2. The second-order valence-electron chi connectivity index (χ2n) is 5.98. The molecule has 5 nitrogen and oxygen atoms in total. The third kappa shape index (κ3) is 7.13. The number of nitrogens with one attached hydrogen (secondary N) is 1. The van der Waals surface area contributed by atoms with Gasteiger partial charge in [-0.15, -0.1) is 0 Å². The number of carbonyl (C=O) groups is 2. The number of hydrogen-bond donors (Lipinski definition) is 2. The van der Waals surface area contributed by atoms with Crippen molar-refractivity contribution in [3.63, 3.8) is 0 Å². The quantitative estimate of drug-likeness (QED) is 0.571. The summed E-state index contributed by atoms with van der Waals surface area (Å²) >= 11 is 0. The van der Waals surface area contributed by atoms with Gasteiger partial charge in [0.05, 0.1) is 0 Å². The second-order valence-corrected chi connectivity index (χ2v) is 5.98. The van der Waals surface area contributed by atoms with E-state index >= 15 is 0 Å². The fourth-order valence-electron chi connectivity index (χ4n) is 2.66. The van der Waals surface area contributed by atoms with E-state index in [1.165, 1.54) is 26.4 Å². The van der Waals surface area contributed by atoms with E-state index in [0.29, 0.717) is 12.0 Å². The number of aliphatic carboxylic acids is 1. The van der Waals surface area contributed by atoms with Crippen LogP contribution in [0.3, 0.4) is 0 Å². The molecule has 0 aliphatic rings. The van der Waals surface area contributed by atoms with Crippen molar-refractivity contribution in [2.45, 2.75) is 64.0 Å². The lowest BCUT2D eigenvalue weighted by Gasteiger charge is -2.19. The van der Waals surface area contributed by atoms with Crippen molar-refractivity contribution >= 4 is 11.9 Å². The molecule has 0 radical (unpaired) electrons. The molecular formula is C19H29NO4. The van der Waals surface area contributed by atoms with E-state index in [2.05, 4.69) is 12.2 Å². The molecule has 0 aliphatic carbocycles. The van der Waals surface area contributed by atoms with E-state index in [0.717, 1.165) is 19.3 Å². The molecule has 2 N–H and O–H groups in total. The summed E-state index contributed by atoms with van der Waals surface area (Å²) < 4.78 is 5.24. The Morgan fingerprint density at radius 1 is 1.08 bits per heavy atom. The first-order valence-corrected chi connectivity index (χ1v) is 8.71. The number of benzene rings is 1. The molecule has 0 saturated heterocycles. The number of rotatable bonds is 12. The van der Waals surface area contributed by atoms with Crippen molar-refractivity contribution in [3.05, 3.63) is 35.9 Å². The maximum atomic E-state index is 12.4. The van der Waals surface area contributed by atoms with Gasteiger partial charge < -0.3 is 15.2 Å². The van der Waals surface area contributed by atoms with Gasteiger partial charge in [0.1, 0.15) is 6.04 Å². The molecule has 0 bridgehead atoms. The number of carboxylic acid groups (broad SMARTS) is 1. The normalized spacial score (nSPS) is 13.2. The monoisotopic (exact) mass is 335 g/mol. The second kappa shape index (κ2) is 11.6. The summed E-state index contributed by atoms with van der Waals surface area (Å²) in [5.74, 6) is -1.41. The largest absolute Gasteiger partial charge is 0.480 e. The summed E-state index contributed by atoms with van der Waals surface area (Å²) in [6.45, 7) is 2.16. The molecule has 1 amide bonds. The Balaban J connectivity index is 2.51. The standard InChI is InChI=1S/C19H29NO4/c1-3-4-5-6-7-11-14-16(19(22)23)20-18(21)17(24-2)15-12-9-8-10-13-15/h8-10,12-13,16-17H,3-7,11,14H2,1-2H3,(H,20,21)(H,22,23)/t16-,17-/m0/s1. The van der Waals surface area contributed by atoms with Crippen LogP contribution >= 0.6 is 0 Å². The summed E-state index contributed by atoms with van der Waals surface area (Å²) in [5.41, 5.74) is 0.709. The highest BCUT2D eigenvalue weighted by atomic mass is 16.5. The molecular weight excluding hydrogens is 306 g/mol. The van der Waals surface area contributed by atoms with Gasteiger partial charge >= 0.3 is 5.97 Å². The summed E-state index contributed by atoms with van der Waals surface area (Å²) in [4.78, 5) is 23.8. The van der Waals surface area contributed by atoms with Crippen molar-refractivity contribution < 1.29 is 19.4 Å². The molecule has 1 rings (SSSR count). The average Bonchev–Trinajstić information content (AvgIpc) is 2.58. The Morgan fingerprint density at radius 2 is 1.71 bits per heavy atom. The van der Waals surface area contributed by atoms with E-state index in [9.17, 15) is 14.7 Å². The molecule has 0 saturated carbocycles. The highest BCUT2D eigenvalue weighted by molar-refractivity contribution is 5.87. The van der Waals surface area contributed by atoms with Gasteiger partial charge in [0.15, 0.2) is 6.10 Å². The lowest BCUT2D eigenvalue weighted by Crippen LogP contribution is -2.43. The van der Waals surface area contributed by atoms with E-state index in [4.69, 9.17) is 4.74 Å². The van der Waals surface area contributed by atoms with Crippen LogP contribution in [0.2, 0.25) is 0 Å². The fourth-order valence-corrected chi connectivity index (χ4v) is 2.66. The van der Waals surface area contributed by atoms with Gasteiger partial charge in [0.25, 0.3) is 5.91 Å². The molecule has 134 valence electrons. The van der Waals surface area contributed by atoms with Crippen LogP contribution in [0.5, 0.6) is 0 Å². The fraction of sp³-hybridized carbons (Fsp3) is 0.579. The lowest BCUT2D eigenvalue weighted by molar-refractivity contribution is -0.144. The van der Waals surface area contributed by atoms with Crippen LogP contribution < -0.4 is 5.32 Å². The minimum Gasteiger partial charge on any atom is -0.480 e.